The molecule has 28 heavy (non-hydrogen) atoms. The number of oxazole rings is 1. The van der Waals surface area contributed by atoms with Gasteiger partial charge in [0.2, 0.25) is 5.89 Å². The highest BCUT2D eigenvalue weighted by molar-refractivity contribution is 5.54. The van der Waals surface area contributed by atoms with Crippen molar-refractivity contribution in [3.63, 3.8) is 0 Å². The van der Waals surface area contributed by atoms with Crippen LogP contribution in [-0.2, 0) is 13.1 Å². The van der Waals surface area contributed by atoms with E-state index in [1.54, 1.807) is 25.3 Å². The Morgan fingerprint density at radius 1 is 1.18 bits per heavy atom. The van der Waals surface area contributed by atoms with Crippen LogP contribution in [0.15, 0.2) is 46.9 Å². The summed E-state index contributed by atoms with van der Waals surface area (Å²) in [5.41, 5.74) is 2.28. The second-order valence-corrected chi connectivity index (χ2v) is 6.86. The second kappa shape index (κ2) is 8.02. The predicted octanol–water partition coefficient (Wildman–Crippen LogP) is 4.58. The SMILES string of the molecule is COc1cccc2c1OCCCN(Cc1nc(-c3ccccc3F)oc1C)C2. The highest BCUT2D eigenvalue weighted by atomic mass is 19.1. The first-order chi connectivity index (χ1) is 13.7. The normalized spacial score (nSPS) is 14.7. The van der Waals surface area contributed by atoms with Crippen LogP contribution in [0.4, 0.5) is 4.39 Å². The molecule has 0 unspecified atom stereocenters. The average molecular weight is 382 g/mol. The Bertz CT molecular complexity index is 970. The number of halogens is 1. The van der Waals surface area contributed by atoms with Crippen molar-refractivity contribution in [2.24, 2.45) is 0 Å². The van der Waals surface area contributed by atoms with E-state index in [-0.39, 0.29) is 5.82 Å². The molecule has 2 aromatic carbocycles. The summed E-state index contributed by atoms with van der Waals surface area (Å²) in [6, 6.07) is 12.5. The topological polar surface area (TPSA) is 47.7 Å². The summed E-state index contributed by atoms with van der Waals surface area (Å²) in [6.45, 7) is 4.71. The maximum Gasteiger partial charge on any atom is 0.229 e. The molecule has 4 rings (SSSR count). The van der Waals surface area contributed by atoms with Gasteiger partial charge in [-0.25, -0.2) is 9.37 Å². The zero-order valence-corrected chi connectivity index (χ0v) is 16.1. The molecule has 1 aliphatic rings. The molecule has 0 spiro atoms. The lowest BCUT2D eigenvalue weighted by Crippen LogP contribution is -2.28. The van der Waals surface area contributed by atoms with Crippen molar-refractivity contribution < 1.29 is 18.3 Å². The van der Waals surface area contributed by atoms with Gasteiger partial charge in [0.15, 0.2) is 11.5 Å². The van der Waals surface area contributed by atoms with E-state index in [9.17, 15) is 4.39 Å². The van der Waals surface area contributed by atoms with Gasteiger partial charge >= 0.3 is 0 Å². The van der Waals surface area contributed by atoms with Gasteiger partial charge in [-0.1, -0.05) is 24.3 Å². The number of methoxy groups -OCH3 is 1. The van der Waals surface area contributed by atoms with E-state index in [0.717, 1.165) is 35.7 Å². The van der Waals surface area contributed by atoms with Crippen LogP contribution < -0.4 is 9.47 Å². The van der Waals surface area contributed by atoms with Crippen molar-refractivity contribution in [1.29, 1.82) is 0 Å². The molecule has 146 valence electrons. The van der Waals surface area contributed by atoms with E-state index in [4.69, 9.17) is 13.9 Å². The minimum absolute atomic E-state index is 0.322. The van der Waals surface area contributed by atoms with Crippen molar-refractivity contribution in [3.05, 3.63) is 65.3 Å². The van der Waals surface area contributed by atoms with Crippen LogP contribution in [0.25, 0.3) is 11.5 Å². The molecular formula is C22H23FN2O3. The van der Waals surface area contributed by atoms with E-state index in [1.807, 2.05) is 19.1 Å². The smallest absolute Gasteiger partial charge is 0.229 e. The highest BCUT2D eigenvalue weighted by Crippen LogP contribution is 2.33. The number of aryl methyl sites for hydroxylation is 1. The van der Waals surface area contributed by atoms with Gasteiger partial charge in [-0.15, -0.1) is 0 Å². The van der Waals surface area contributed by atoms with Gasteiger partial charge in [0, 0.05) is 25.2 Å². The Kier molecular flexibility index (Phi) is 5.30. The van der Waals surface area contributed by atoms with Crippen molar-refractivity contribution in [2.75, 3.05) is 20.3 Å². The van der Waals surface area contributed by atoms with Crippen LogP contribution >= 0.6 is 0 Å². The fourth-order valence-electron chi connectivity index (χ4n) is 3.46. The van der Waals surface area contributed by atoms with Gasteiger partial charge in [0.1, 0.15) is 11.6 Å². The van der Waals surface area contributed by atoms with Crippen LogP contribution in [0.2, 0.25) is 0 Å². The van der Waals surface area contributed by atoms with Gasteiger partial charge < -0.3 is 13.9 Å². The van der Waals surface area contributed by atoms with Crippen molar-refractivity contribution in [3.8, 4) is 23.0 Å². The maximum absolute atomic E-state index is 14.1. The van der Waals surface area contributed by atoms with Gasteiger partial charge in [-0.05, 0) is 31.5 Å². The fourth-order valence-corrected chi connectivity index (χ4v) is 3.46. The minimum Gasteiger partial charge on any atom is -0.493 e. The summed E-state index contributed by atoms with van der Waals surface area (Å²) in [6.07, 6.45) is 0.897. The lowest BCUT2D eigenvalue weighted by molar-refractivity contribution is 0.193. The standard InChI is InChI=1S/C22H23FN2O3/c1-15-19(24-22(28-15)17-8-3-4-9-18(17)23)14-25-11-6-12-27-21-16(13-25)7-5-10-20(21)26-2/h3-5,7-10H,6,11-14H2,1-2H3. The van der Waals surface area contributed by atoms with Crippen LogP contribution in [-0.4, -0.2) is 30.1 Å². The van der Waals surface area contributed by atoms with Crippen LogP contribution in [0.1, 0.15) is 23.4 Å². The Morgan fingerprint density at radius 2 is 2.04 bits per heavy atom. The number of hydrogen-bond donors (Lipinski definition) is 0. The van der Waals surface area contributed by atoms with E-state index >= 15 is 0 Å². The first-order valence-corrected chi connectivity index (χ1v) is 9.38. The summed E-state index contributed by atoms with van der Waals surface area (Å²) < 4.78 is 31.2. The molecule has 5 nitrogen and oxygen atoms in total. The molecule has 0 N–H and O–H groups in total. The van der Waals surface area contributed by atoms with Gasteiger partial charge in [0.25, 0.3) is 0 Å². The highest BCUT2D eigenvalue weighted by Gasteiger charge is 2.21. The Hall–Kier alpha value is -2.86. The van der Waals surface area contributed by atoms with Crippen LogP contribution in [0.5, 0.6) is 11.5 Å². The first kappa shape index (κ1) is 18.5. The van der Waals surface area contributed by atoms with Gasteiger partial charge in [-0.2, -0.15) is 0 Å². The zero-order valence-electron chi connectivity index (χ0n) is 16.1. The summed E-state index contributed by atoms with van der Waals surface area (Å²) in [4.78, 5) is 6.88. The number of hydrogen-bond acceptors (Lipinski definition) is 5. The summed E-state index contributed by atoms with van der Waals surface area (Å²) in [7, 11) is 1.65. The van der Waals surface area contributed by atoms with Crippen molar-refractivity contribution in [2.45, 2.75) is 26.4 Å². The Labute approximate surface area is 163 Å². The number of rotatable bonds is 4. The van der Waals surface area contributed by atoms with Gasteiger partial charge in [0.05, 0.1) is 25.0 Å². The molecule has 1 aromatic heterocycles. The maximum atomic E-state index is 14.1. The predicted molar refractivity (Wildman–Crippen MR) is 104 cm³/mol. The van der Waals surface area contributed by atoms with E-state index in [0.29, 0.717) is 36.9 Å². The van der Waals surface area contributed by atoms with E-state index in [2.05, 4.69) is 16.0 Å². The third-order valence-electron chi connectivity index (χ3n) is 4.91. The molecule has 2 heterocycles. The average Bonchev–Trinajstić information content (AvgIpc) is 3.04. The molecule has 0 fully saturated rings. The zero-order chi connectivity index (χ0) is 19.5. The second-order valence-electron chi connectivity index (χ2n) is 6.86. The Balaban J connectivity index is 1.58. The lowest BCUT2D eigenvalue weighted by atomic mass is 10.1. The molecule has 6 heteroatoms. The largest absolute Gasteiger partial charge is 0.493 e. The molecule has 0 aliphatic carbocycles. The number of ether oxygens (including phenoxy) is 2. The van der Waals surface area contributed by atoms with E-state index < -0.39 is 0 Å². The van der Waals surface area contributed by atoms with Gasteiger partial charge in [-0.3, -0.25) is 4.90 Å². The van der Waals surface area contributed by atoms with Crippen LogP contribution in [0.3, 0.4) is 0 Å². The van der Waals surface area contributed by atoms with Crippen LogP contribution in [0, 0.1) is 12.7 Å². The monoisotopic (exact) mass is 382 g/mol. The minimum atomic E-state index is -0.334. The molecule has 0 atom stereocenters. The number of nitrogens with zero attached hydrogens (tertiary/aromatic N) is 2. The van der Waals surface area contributed by atoms with E-state index in [1.165, 1.54) is 6.07 Å². The summed E-state index contributed by atoms with van der Waals surface area (Å²) in [5.74, 6) is 2.25. The number of benzene rings is 2. The summed E-state index contributed by atoms with van der Waals surface area (Å²) >= 11 is 0. The first-order valence-electron chi connectivity index (χ1n) is 9.38. The number of aromatic nitrogens is 1. The summed E-state index contributed by atoms with van der Waals surface area (Å²) in [5, 5.41) is 0. The molecule has 1 aliphatic heterocycles. The molecule has 0 saturated carbocycles. The van der Waals surface area contributed by atoms with Crippen molar-refractivity contribution >= 4 is 0 Å². The lowest BCUT2D eigenvalue weighted by Gasteiger charge is -2.26. The number of fused-ring (bicyclic) bond motifs is 1. The molecule has 3 aromatic rings. The molecule has 0 bridgehead atoms. The number of para-hydroxylation sites is 1. The third kappa shape index (κ3) is 3.73. The molecule has 0 saturated heterocycles. The molecular weight excluding hydrogens is 359 g/mol. The van der Waals surface area contributed by atoms with Crippen molar-refractivity contribution in [1.82, 2.24) is 9.88 Å². The Morgan fingerprint density at radius 3 is 2.86 bits per heavy atom. The third-order valence-corrected chi connectivity index (χ3v) is 4.91. The molecule has 0 amide bonds. The molecule has 0 radical (unpaired) electrons. The fraction of sp³-hybridized carbons (Fsp3) is 0.318. The quantitative estimate of drug-likeness (QED) is 0.661.